The minimum atomic E-state index is 0.876. The van der Waals surface area contributed by atoms with Gasteiger partial charge in [-0.1, -0.05) is 12.1 Å². The van der Waals surface area contributed by atoms with E-state index >= 15 is 0 Å². The van der Waals surface area contributed by atoms with Crippen LogP contribution in [0, 0.1) is 6.57 Å². The van der Waals surface area contributed by atoms with Gasteiger partial charge in [-0.05, 0) is 17.7 Å². The molecule has 0 saturated heterocycles. The number of benzene rings is 1. The van der Waals surface area contributed by atoms with E-state index in [4.69, 9.17) is 6.57 Å². The standard InChI is InChI=1S/C10H8N4/c1-11-14-13-10-4-2-3-8-7-12-6-5-9(8)10/h2-7,13-14H. The molecule has 1 aromatic carbocycles. The van der Waals surface area contributed by atoms with Gasteiger partial charge in [0, 0.05) is 23.2 Å². The Morgan fingerprint density at radius 1 is 1.29 bits per heavy atom. The van der Waals surface area contributed by atoms with Gasteiger partial charge in [-0.3, -0.25) is 4.98 Å². The first-order valence-electron chi connectivity index (χ1n) is 4.12. The molecule has 14 heavy (non-hydrogen) atoms. The molecule has 0 spiro atoms. The van der Waals surface area contributed by atoms with E-state index in [1.165, 1.54) is 0 Å². The van der Waals surface area contributed by atoms with Gasteiger partial charge >= 0.3 is 0 Å². The Bertz CT molecular complexity index is 481. The van der Waals surface area contributed by atoms with Crippen molar-refractivity contribution in [2.24, 2.45) is 0 Å². The Morgan fingerprint density at radius 2 is 2.21 bits per heavy atom. The molecule has 2 aromatic rings. The van der Waals surface area contributed by atoms with Gasteiger partial charge in [-0.2, -0.15) is 6.57 Å². The molecule has 0 atom stereocenters. The third-order valence-electron chi connectivity index (χ3n) is 1.93. The number of hydrogen-bond donors (Lipinski definition) is 2. The number of nitrogens with one attached hydrogen (secondary N) is 2. The van der Waals surface area contributed by atoms with E-state index in [0.29, 0.717) is 0 Å². The van der Waals surface area contributed by atoms with Gasteiger partial charge < -0.3 is 0 Å². The van der Waals surface area contributed by atoms with Crippen molar-refractivity contribution in [3.63, 3.8) is 0 Å². The lowest BCUT2D eigenvalue weighted by Crippen LogP contribution is -2.11. The van der Waals surface area contributed by atoms with Crippen LogP contribution in [0.5, 0.6) is 0 Å². The lowest BCUT2D eigenvalue weighted by atomic mass is 10.1. The topological polar surface area (TPSA) is 41.3 Å². The first-order valence-corrected chi connectivity index (χ1v) is 4.12. The SMILES string of the molecule is [C-]#[N+]NNc1cccc2cnccc12. The Kier molecular flexibility index (Phi) is 2.15. The molecular formula is C10H8N4. The van der Waals surface area contributed by atoms with Gasteiger partial charge in [0.1, 0.15) is 0 Å². The van der Waals surface area contributed by atoms with Crippen LogP contribution in [0.4, 0.5) is 5.69 Å². The van der Waals surface area contributed by atoms with Crippen molar-refractivity contribution in [3.05, 3.63) is 48.2 Å². The maximum absolute atomic E-state index is 6.60. The number of hydrazine groups is 1. The summed E-state index contributed by atoms with van der Waals surface area (Å²) in [6, 6.07) is 7.70. The van der Waals surface area contributed by atoms with E-state index in [1.54, 1.807) is 12.4 Å². The number of aromatic nitrogens is 1. The van der Waals surface area contributed by atoms with E-state index in [-0.39, 0.29) is 0 Å². The van der Waals surface area contributed by atoms with E-state index in [1.807, 2.05) is 24.3 Å². The smallest absolute Gasteiger partial charge is 0.0679 e. The van der Waals surface area contributed by atoms with Gasteiger partial charge in [-0.25, -0.2) is 5.43 Å². The van der Waals surface area contributed by atoms with E-state index in [2.05, 4.69) is 20.9 Å². The molecule has 68 valence electrons. The number of hydrogen-bond acceptors (Lipinski definition) is 3. The fourth-order valence-electron chi connectivity index (χ4n) is 1.32. The van der Waals surface area contributed by atoms with Crippen molar-refractivity contribution in [2.45, 2.75) is 0 Å². The molecule has 0 unspecified atom stereocenters. The molecule has 0 fully saturated rings. The second-order valence-electron chi connectivity index (χ2n) is 2.75. The van der Waals surface area contributed by atoms with Gasteiger partial charge in [0.05, 0.1) is 5.69 Å². The van der Waals surface area contributed by atoms with Crippen LogP contribution in [0.1, 0.15) is 0 Å². The average Bonchev–Trinajstić information content (AvgIpc) is 2.26. The van der Waals surface area contributed by atoms with Crippen LogP contribution in [0.25, 0.3) is 15.7 Å². The predicted octanol–water partition coefficient (Wildman–Crippen LogP) is 1.99. The summed E-state index contributed by atoms with van der Waals surface area (Å²) >= 11 is 0. The monoisotopic (exact) mass is 184 g/mol. The molecule has 0 bridgehead atoms. The first kappa shape index (κ1) is 8.32. The highest BCUT2D eigenvalue weighted by Gasteiger charge is 1.98. The second-order valence-corrected chi connectivity index (χ2v) is 2.75. The largest absolute Gasteiger partial charge is 0.264 e. The summed E-state index contributed by atoms with van der Waals surface area (Å²) in [7, 11) is 0. The highest BCUT2D eigenvalue weighted by atomic mass is 15.5. The van der Waals surface area contributed by atoms with Crippen molar-refractivity contribution in [2.75, 3.05) is 5.43 Å². The van der Waals surface area contributed by atoms with Gasteiger partial charge in [0.25, 0.3) is 0 Å². The fraction of sp³-hybridized carbons (Fsp3) is 0. The van der Waals surface area contributed by atoms with Gasteiger partial charge in [0.15, 0.2) is 0 Å². The van der Waals surface area contributed by atoms with Crippen LogP contribution in [0.15, 0.2) is 36.7 Å². The molecule has 4 heteroatoms. The number of anilines is 1. The summed E-state index contributed by atoms with van der Waals surface area (Å²) in [5, 5.41) is 2.09. The number of nitrogens with zero attached hydrogens (tertiary/aromatic N) is 2. The summed E-state index contributed by atoms with van der Waals surface area (Å²) in [5.41, 5.74) is 6.06. The average molecular weight is 184 g/mol. The Hall–Kier alpha value is -2.28. The third kappa shape index (κ3) is 1.43. The molecule has 0 aliphatic heterocycles. The zero-order chi connectivity index (χ0) is 9.80. The molecule has 4 nitrogen and oxygen atoms in total. The molecule has 2 N–H and O–H groups in total. The molecule has 0 aliphatic rings. The molecule has 1 heterocycles. The molecule has 2 rings (SSSR count). The lowest BCUT2D eigenvalue weighted by Gasteiger charge is -2.04. The summed E-state index contributed by atoms with van der Waals surface area (Å²) in [6.07, 6.45) is 3.52. The van der Waals surface area contributed by atoms with Gasteiger partial charge in [0.2, 0.25) is 0 Å². The van der Waals surface area contributed by atoms with Crippen molar-refractivity contribution in [1.29, 1.82) is 0 Å². The van der Waals surface area contributed by atoms with Crippen molar-refractivity contribution < 1.29 is 0 Å². The highest BCUT2D eigenvalue weighted by Crippen LogP contribution is 2.21. The maximum atomic E-state index is 6.60. The summed E-state index contributed by atoms with van der Waals surface area (Å²) < 4.78 is 0. The Morgan fingerprint density at radius 3 is 3.07 bits per heavy atom. The summed E-state index contributed by atoms with van der Waals surface area (Å²) in [5.74, 6) is 0. The number of rotatable bonds is 2. The van der Waals surface area contributed by atoms with Crippen LogP contribution >= 0.6 is 0 Å². The second kappa shape index (κ2) is 3.62. The Balaban J connectivity index is 2.49. The van der Waals surface area contributed by atoms with Crippen LogP contribution in [0.3, 0.4) is 0 Å². The molecule has 0 radical (unpaired) electrons. The molecule has 1 aromatic heterocycles. The minimum absolute atomic E-state index is 0.876. The first-order chi connectivity index (χ1) is 6.92. The molecule has 0 aliphatic carbocycles. The minimum Gasteiger partial charge on any atom is -0.264 e. The van der Waals surface area contributed by atoms with E-state index in [9.17, 15) is 0 Å². The lowest BCUT2D eigenvalue weighted by molar-refractivity contribution is 1.06. The van der Waals surface area contributed by atoms with Gasteiger partial charge in [-0.15, -0.1) is 4.95 Å². The number of pyridine rings is 1. The summed E-state index contributed by atoms with van der Waals surface area (Å²) in [4.78, 5) is 7.04. The zero-order valence-electron chi connectivity index (χ0n) is 7.36. The van der Waals surface area contributed by atoms with E-state index in [0.717, 1.165) is 16.5 Å². The Labute approximate surface area is 81.3 Å². The van der Waals surface area contributed by atoms with Crippen LogP contribution in [0.2, 0.25) is 0 Å². The summed E-state index contributed by atoms with van der Waals surface area (Å²) in [6.45, 7) is 6.60. The van der Waals surface area contributed by atoms with Crippen molar-refractivity contribution >= 4 is 16.5 Å². The van der Waals surface area contributed by atoms with Crippen LogP contribution < -0.4 is 11.0 Å². The van der Waals surface area contributed by atoms with Crippen LogP contribution in [-0.2, 0) is 0 Å². The molecule has 0 amide bonds. The zero-order valence-corrected chi connectivity index (χ0v) is 7.36. The number of fused-ring (bicyclic) bond motifs is 1. The van der Waals surface area contributed by atoms with Crippen molar-refractivity contribution in [3.8, 4) is 0 Å². The predicted molar refractivity (Wildman–Crippen MR) is 55.1 cm³/mol. The third-order valence-corrected chi connectivity index (χ3v) is 1.93. The molecular weight excluding hydrogens is 176 g/mol. The highest BCUT2D eigenvalue weighted by molar-refractivity contribution is 5.92. The van der Waals surface area contributed by atoms with Crippen LogP contribution in [-0.4, -0.2) is 4.98 Å². The normalized spacial score (nSPS) is 9.36. The van der Waals surface area contributed by atoms with Crippen molar-refractivity contribution in [1.82, 2.24) is 10.5 Å². The molecule has 0 saturated carbocycles. The van der Waals surface area contributed by atoms with E-state index < -0.39 is 0 Å². The fourth-order valence-corrected chi connectivity index (χ4v) is 1.32. The maximum Gasteiger partial charge on any atom is 0.0679 e. The quantitative estimate of drug-likeness (QED) is 0.554.